The Morgan fingerprint density at radius 2 is 1.96 bits per heavy atom. The summed E-state index contributed by atoms with van der Waals surface area (Å²) in [6.45, 7) is 2.95. The Morgan fingerprint density at radius 3 is 2.70 bits per heavy atom. The van der Waals surface area contributed by atoms with Gasteiger partial charge in [-0.25, -0.2) is 9.97 Å². The fraction of sp³-hybridized carbons (Fsp3) is 0.190. The SMILES string of the molecule is CCc1cc2c(NCCc3ccc(Cl)cc3)nc(-c3cccnc3)nc2s1. The third-order valence-corrected chi connectivity index (χ3v) is 5.76. The lowest BCUT2D eigenvalue weighted by molar-refractivity contribution is 1.01. The van der Waals surface area contributed by atoms with E-state index in [1.807, 2.05) is 24.3 Å². The number of fused-ring (bicyclic) bond motifs is 1. The highest BCUT2D eigenvalue weighted by Gasteiger charge is 2.12. The summed E-state index contributed by atoms with van der Waals surface area (Å²) in [6, 6.07) is 14.0. The number of rotatable bonds is 6. The maximum Gasteiger partial charge on any atom is 0.164 e. The molecule has 4 rings (SSSR count). The summed E-state index contributed by atoms with van der Waals surface area (Å²) in [6.07, 6.45) is 5.45. The van der Waals surface area contributed by atoms with Crippen molar-refractivity contribution in [1.82, 2.24) is 15.0 Å². The van der Waals surface area contributed by atoms with E-state index in [1.54, 1.807) is 23.7 Å². The molecule has 0 amide bonds. The van der Waals surface area contributed by atoms with Crippen molar-refractivity contribution in [3.05, 3.63) is 70.3 Å². The Hall–Kier alpha value is -2.50. The van der Waals surface area contributed by atoms with Gasteiger partial charge in [-0.3, -0.25) is 4.98 Å². The molecular formula is C21H19ClN4S. The summed E-state index contributed by atoms with van der Waals surface area (Å²) in [7, 11) is 0. The Morgan fingerprint density at radius 1 is 1.11 bits per heavy atom. The van der Waals surface area contributed by atoms with E-state index in [4.69, 9.17) is 21.6 Å². The lowest BCUT2D eigenvalue weighted by atomic mass is 10.1. The number of aromatic nitrogens is 3. The third-order valence-electron chi connectivity index (χ3n) is 4.33. The van der Waals surface area contributed by atoms with Crippen LogP contribution in [0.5, 0.6) is 0 Å². The molecule has 6 heteroatoms. The van der Waals surface area contributed by atoms with E-state index in [2.05, 4.69) is 35.4 Å². The van der Waals surface area contributed by atoms with Crippen molar-refractivity contribution in [1.29, 1.82) is 0 Å². The predicted molar refractivity (Wildman–Crippen MR) is 114 cm³/mol. The molecular weight excluding hydrogens is 376 g/mol. The third kappa shape index (κ3) is 4.10. The van der Waals surface area contributed by atoms with Crippen LogP contribution in [0.2, 0.25) is 5.02 Å². The zero-order valence-corrected chi connectivity index (χ0v) is 16.5. The van der Waals surface area contributed by atoms with Gasteiger partial charge in [0.15, 0.2) is 5.82 Å². The lowest BCUT2D eigenvalue weighted by Crippen LogP contribution is -2.07. The van der Waals surface area contributed by atoms with E-state index in [-0.39, 0.29) is 0 Å². The largest absolute Gasteiger partial charge is 0.369 e. The van der Waals surface area contributed by atoms with Gasteiger partial charge in [-0.2, -0.15) is 0 Å². The molecule has 0 spiro atoms. The molecule has 0 fully saturated rings. The first-order chi connectivity index (χ1) is 13.2. The van der Waals surface area contributed by atoms with Crippen LogP contribution in [0.25, 0.3) is 21.6 Å². The number of benzene rings is 1. The molecule has 4 nitrogen and oxygen atoms in total. The average molecular weight is 395 g/mol. The van der Waals surface area contributed by atoms with Crippen molar-refractivity contribution in [2.45, 2.75) is 19.8 Å². The van der Waals surface area contributed by atoms with Gasteiger partial charge in [0, 0.05) is 34.4 Å². The van der Waals surface area contributed by atoms with Crippen LogP contribution in [0.3, 0.4) is 0 Å². The average Bonchev–Trinajstić information content (AvgIpc) is 3.13. The molecule has 0 bridgehead atoms. The minimum atomic E-state index is 0.703. The Balaban J connectivity index is 1.63. The molecule has 0 saturated carbocycles. The van der Waals surface area contributed by atoms with Gasteiger partial charge in [0.05, 0.1) is 5.39 Å². The van der Waals surface area contributed by atoms with E-state index in [0.29, 0.717) is 5.82 Å². The highest BCUT2D eigenvalue weighted by atomic mass is 35.5. The van der Waals surface area contributed by atoms with Crippen LogP contribution in [0.1, 0.15) is 17.4 Å². The first-order valence-corrected chi connectivity index (χ1v) is 10.1. The second-order valence-corrected chi connectivity index (χ2v) is 7.78. The fourth-order valence-corrected chi connectivity index (χ4v) is 3.97. The minimum absolute atomic E-state index is 0.703. The molecule has 0 saturated heterocycles. The van der Waals surface area contributed by atoms with Crippen LogP contribution < -0.4 is 5.32 Å². The van der Waals surface area contributed by atoms with Crippen LogP contribution in [0.4, 0.5) is 5.82 Å². The van der Waals surface area contributed by atoms with Crippen LogP contribution >= 0.6 is 22.9 Å². The molecule has 27 heavy (non-hydrogen) atoms. The normalized spacial score (nSPS) is 11.0. The van der Waals surface area contributed by atoms with Gasteiger partial charge in [0.2, 0.25) is 0 Å². The summed E-state index contributed by atoms with van der Waals surface area (Å²) < 4.78 is 0. The summed E-state index contributed by atoms with van der Waals surface area (Å²) in [4.78, 5) is 16.1. The Bertz CT molecular complexity index is 1050. The number of hydrogen-bond acceptors (Lipinski definition) is 5. The summed E-state index contributed by atoms with van der Waals surface area (Å²) in [5.41, 5.74) is 2.16. The second-order valence-electron chi connectivity index (χ2n) is 6.23. The van der Waals surface area contributed by atoms with Gasteiger partial charge in [-0.05, 0) is 48.7 Å². The summed E-state index contributed by atoms with van der Waals surface area (Å²) in [5.74, 6) is 1.58. The number of pyridine rings is 1. The van der Waals surface area contributed by atoms with Gasteiger partial charge in [0.1, 0.15) is 10.6 Å². The highest BCUT2D eigenvalue weighted by Crippen LogP contribution is 2.31. The molecule has 3 heterocycles. The lowest BCUT2D eigenvalue weighted by Gasteiger charge is -2.09. The fourth-order valence-electron chi connectivity index (χ4n) is 2.88. The van der Waals surface area contributed by atoms with E-state index >= 15 is 0 Å². The Labute approximate surface area is 167 Å². The van der Waals surface area contributed by atoms with Crippen LogP contribution in [0.15, 0.2) is 54.9 Å². The first kappa shape index (κ1) is 17.9. The summed E-state index contributed by atoms with van der Waals surface area (Å²) >= 11 is 7.69. The smallest absolute Gasteiger partial charge is 0.164 e. The number of anilines is 1. The van der Waals surface area contributed by atoms with Crippen molar-refractivity contribution in [2.75, 3.05) is 11.9 Å². The predicted octanol–water partition coefficient (Wildman–Crippen LogP) is 5.62. The first-order valence-electron chi connectivity index (χ1n) is 8.92. The molecule has 0 aliphatic rings. The number of hydrogen-bond donors (Lipinski definition) is 1. The summed E-state index contributed by atoms with van der Waals surface area (Å²) in [5, 5.41) is 5.34. The van der Waals surface area contributed by atoms with Crippen LogP contribution in [-0.2, 0) is 12.8 Å². The molecule has 0 radical (unpaired) electrons. The van der Waals surface area contributed by atoms with E-state index < -0.39 is 0 Å². The molecule has 0 aliphatic heterocycles. The van der Waals surface area contributed by atoms with E-state index in [1.165, 1.54) is 10.4 Å². The molecule has 1 N–H and O–H groups in total. The number of nitrogens with one attached hydrogen (secondary N) is 1. The van der Waals surface area contributed by atoms with Crippen LogP contribution in [-0.4, -0.2) is 21.5 Å². The second kappa shape index (κ2) is 8.03. The number of halogens is 1. The quantitative estimate of drug-likeness (QED) is 0.460. The van der Waals surface area contributed by atoms with Crippen molar-refractivity contribution >= 4 is 39.0 Å². The van der Waals surface area contributed by atoms with Gasteiger partial charge in [-0.15, -0.1) is 11.3 Å². The molecule has 0 aliphatic carbocycles. The Kier molecular flexibility index (Phi) is 5.32. The zero-order valence-electron chi connectivity index (χ0n) is 14.9. The molecule has 3 aromatic heterocycles. The number of thiophene rings is 1. The molecule has 4 aromatic rings. The van der Waals surface area contributed by atoms with Gasteiger partial charge in [0.25, 0.3) is 0 Å². The van der Waals surface area contributed by atoms with Gasteiger partial charge >= 0.3 is 0 Å². The number of aryl methyl sites for hydroxylation is 1. The van der Waals surface area contributed by atoms with Gasteiger partial charge in [-0.1, -0.05) is 30.7 Å². The van der Waals surface area contributed by atoms with Crippen molar-refractivity contribution in [3.63, 3.8) is 0 Å². The van der Waals surface area contributed by atoms with Gasteiger partial charge < -0.3 is 5.32 Å². The van der Waals surface area contributed by atoms with Crippen molar-refractivity contribution in [2.24, 2.45) is 0 Å². The van der Waals surface area contributed by atoms with Crippen molar-refractivity contribution in [3.8, 4) is 11.4 Å². The van der Waals surface area contributed by atoms with E-state index in [0.717, 1.165) is 46.0 Å². The van der Waals surface area contributed by atoms with Crippen LogP contribution in [0, 0.1) is 0 Å². The number of nitrogens with zero attached hydrogens (tertiary/aromatic N) is 3. The van der Waals surface area contributed by atoms with Crippen molar-refractivity contribution < 1.29 is 0 Å². The zero-order chi connectivity index (χ0) is 18.6. The molecule has 136 valence electrons. The standard InChI is InChI=1S/C21H19ClN4S/c1-2-17-12-18-20(24-11-9-14-5-7-16(22)8-6-14)25-19(26-21(18)27-17)15-4-3-10-23-13-15/h3-8,10,12-13H,2,9,11H2,1H3,(H,24,25,26). The maximum absolute atomic E-state index is 5.96. The monoisotopic (exact) mass is 394 g/mol. The highest BCUT2D eigenvalue weighted by molar-refractivity contribution is 7.18. The topological polar surface area (TPSA) is 50.7 Å². The minimum Gasteiger partial charge on any atom is -0.369 e. The van der Waals surface area contributed by atoms with E-state index in [9.17, 15) is 0 Å². The molecule has 0 unspecified atom stereocenters. The maximum atomic E-state index is 5.96. The molecule has 1 aromatic carbocycles. The molecule has 0 atom stereocenters.